The van der Waals surface area contributed by atoms with E-state index >= 15 is 0 Å². The van der Waals surface area contributed by atoms with Gasteiger partial charge in [0.05, 0.1) is 0 Å². The second-order valence-corrected chi connectivity index (χ2v) is 4.89. The monoisotopic (exact) mass is 263 g/mol. The number of aryl methyl sites for hydroxylation is 2. The molecule has 0 saturated carbocycles. The standard InChI is InChI=1S/C13H17N3OS/c1-4-14-13-11(15-16-18-13)8-17-12-7-9(2)5-6-10(12)3/h5-7,14H,4,8H2,1-3H3. The summed E-state index contributed by atoms with van der Waals surface area (Å²) in [4.78, 5) is 0. The van der Waals surface area contributed by atoms with Gasteiger partial charge in [-0.1, -0.05) is 16.6 Å². The summed E-state index contributed by atoms with van der Waals surface area (Å²) in [7, 11) is 0. The molecule has 18 heavy (non-hydrogen) atoms. The third-order valence-electron chi connectivity index (χ3n) is 2.60. The van der Waals surface area contributed by atoms with Gasteiger partial charge in [0.15, 0.2) is 0 Å². The number of hydrogen-bond acceptors (Lipinski definition) is 5. The number of anilines is 1. The van der Waals surface area contributed by atoms with E-state index in [1.54, 1.807) is 0 Å². The van der Waals surface area contributed by atoms with Crippen molar-refractivity contribution in [3.63, 3.8) is 0 Å². The van der Waals surface area contributed by atoms with E-state index in [9.17, 15) is 0 Å². The van der Waals surface area contributed by atoms with E-state index < -0.39 is 0 Å². The molecule has 1 heterocycles. The molecular weight excluding hydrogens is 246 g/mol. The average Bonchev–Trinajstić information content (AvgIpc) is 2.78. The van der Waals surface area contributed by atoms with Crippen LogP contribution in [0.25, 0.3) is 0 Å². The Labute approximate surface area is 111 Å². The van der Waals surface area contributed by atoms with Crippen LogP contribution in [0.15, 0.2) is 18.2 Å². The molecule has 0 spiro atoms. The molecule has 0 saturated heterocycles. The van der Waals surface area contributed by atoms with Gasteiger partial charge in [-0.05, 0) is 38.0 Å². The molecule has 0 atom stereocenters. The zero-order chi connectivity index (χ0) is 13.0. The molecule has 0 fully saturated rings. The Bertz CT molecular complexity index is 525. The maximum absolute atomic E-state index is 5.81. The lowest BCUT2D eigenvalue weighted by molar-refractivity contribution is 0.299. The first-order valence-electron chi connectivity index (χ1n) is 5.96. The molecule has 5 heteroatoms. The van der Waals surface area contributed by atoms with E-state index in [4.69, 9.17) is 4.74 Å². The van der Waals surface area contributed by atoms with Gasteiger partial charge in [0.25, 0.3) is 0 Å². The first-order chi connectivity index (χ1) is 8.70. The molecule has 96 valence electrons. The summed E-state index contributed by atoms with van der Waals surface area (Å²) in [5.74, 6) is 0.908. The van der Waals surface area contributed by atoms with Crippen molar-refractivity contribution in [1.82, 2.24) is 9.59 Å². The predicted octanol–water partition coefficient (Wildman–Crippen LogP) is 3.17. The van der Waals surface area contributed by atoms with Crippen LogP contribution in [0.3, 0.4) is 0 Å². The van der Waals surface area contributed by atoms with Crippen LogP contribution in [0.4, 0.5) is 5.00 Å². The van der Waals surface area contributed by atoms with Gasteiger partial charge < -0.3 is 10.1 Å². The summed E-state index contributed by atoms with van der Waals surface area (Å²) in [5.41, 5.74) is 3.19. The quantitative estimate of drug-likeness (QED) is 0.900. The number of nitrogens with zero attached hydrogens (tertiary/aromatic N) is 2. The second kappa shape index (κ2) is 5.82. The number of benzene rings is 1. The first kappa shape index (κ1) is 12.8. The van der Waals surface area contributed by atoms with Crippen molar-refractivity contribution in [2.75, 3.05) is 11.9 Å². The van der Waals surface area contributed by atoms with Crippen LogP contribution < -0.4 is 10.1 Å². The molecule has 4 nitrogen and oxygen atoms in total. The number of hydrogen-bond donors (Lipinski definition) is 1. The number of ether oxygens (including phenoxy) is 1. The summed E-state index contributed by atoms with van der Waals surface area (Å²) < 4.78 is 9.76. The largest absolute Gasteiger partial charge is 0.487 e. The minimum absolute atomic E-state index is 0.448. The summed E-state index contributed by atoms with van der Waals surface area (Å²) >= 11 is 1.36. The van der Waals surface area contributed by atoms with Gasteiger partial charge in [-0.2, -0.15) is 0 Å². The maximum atomic E-state index is 5.81. The Morgan fingerprint density at radius 1 is 1.33 bits per heavy atom. The topological polar surface area (TPSA) is 47.0 Å². The van der Waals surface area contributed by atoms with Crippen LogP contribution in [0.2, 0.25) is 0 Å². The minimum atomic E-state index is 0.448. The zero-order valence-corrected chi connectivity index (χ0v) is 11.7. The van der Waals surface area contributed by atoms with Crippen molar-refractivity contribution in [2.24, 2.45) is 0 Å². The Morgan fingerprint density at radius 3 is 2.94 bits per heavy atom. The second-order valence-electron chi connectivity index (χ2n) is 4.14. The molecule has 2 aromatic rings. The van der Waals surface area contributed by atoms with Crippen LogP contribution in [-0.2, 0) is 6.61 Å². The normalized spacial score (nSPS) is 10.4. The third kappa shape index (κ3) is 2.98. The van der Waals surface area contributed by atoms with Gasteiger partial charge in [0.2, 0.25) is 0 Å². The Balaban J connectivity index is 2.06. The Kier molecular flexibility index (Phi) is 4.15. The molecule has 0 aliphatic rings. The third-order valence-corrected chi connectivity index (χ3v) is 3.33. The summed E-state index contributed by atoms with van der Waals surface area (Å²) in [6, 6.07) is 6.19. The predicted molar refractivity (Wildman–Crippen MR) is 74.3 cm³/mol. The van der Waals surface area contributed by atoms with E-state index in [0.717, 1.165) is 28.6 Å². The molecule has 1 aromatic carbocycles. The summed E-state index contributed by atoms with van der Waals surface area (Å²) in [6.45, 7) is 7.46. The van der Waals surface area contributed by atoms with Crippen LogP contribution in [0.5, 0.6) is 5.75 Å². The molecule has 0 aliphatic carbocycles. The molecule has 0 amide bonds. The van der Waals surface area contributed by atoms with Crippen molar-refractivity contribution in [2.45, 2.75) is 27.4 Å². The van der Waals surface area contributed by atoms with Crippen molar-refractivity contribution >= 4 is 16.5 Å². The smallest absolute Gasteiger partial charge is 0.136 e. The molecule has 0 radical (unpaired) electrons. The molecule has 0 unspecified atom stereocenters. The van der Waals surface area contributed by atoms with Crippen molar-refractivity contribution in [1.29, 1.82) is 0 Å². The minimum Gasteiger partial charge on any atom is -0.487 e. The Morgan fingerprint density at radius 2 is 2.17 bits per heavy atom. The Hall–Kier alpha value is -1.62. The van der Waals surface area contributed by atoms with Gasteiger partial charge >= 0.3 is 0 Å². The zero-order valence-electron chi connectivity index (χ0n) is 10.9. The fourth-order valence-electron chi connectivity index (χ4n) is 1.61. The van der Waals surface area contributed by atoms with E-state index in [1.807, 2.05) is 13.0 Å². The van der Waals surface area contributed by atoms with Crippen molar-refractivity contribution in [3.05, 3.63) is 35.0 Å². The van der Waals surface area contributed by atoms with Crippen LogP contribution in [0, 0.1) is 13.8 Å². The fourth-order valence-corrected chi connectivity index (χ4v) is 2.24. The molecule has 1 aromatic heterocycles. The van der Waals surface area contributed by atoms with E-state index in [0.29, 0.717) is 6.61 Å². The molecule has 2 rings (SSSR count). The van der Waals surface area contributed by atoms with Crippen LogP contribution >= 0.6 is 11.5 Å². The highest BCUT2D eigenvalue weighted by Gasteiger charge is 2.08. The molecular formula is C13H17N3OS. The average molecular weight is 263 g/mol. The summed E-state index contributed by atoms with van der Waals surface area (Å²) in [5, 5.41) is 8.30. The van der Waals surface area contributed by atoms with Gasteiger partial charge in [-0.25, -0.2) is 0 Å². The van der Waals surface area contributed by atoms with Gasteiger partial charge in [0.1, 0.15) is 23.1 Å². The number of rotatable bonds is 5. The van der Waals surface area contributed by atoms with Crippen molar-refractivity contribution in [3.8, 4) is 5.75 Å². The number of nitrogens with one attached hydrogen (secondary N) is 1. The summed E-state index contributed by atoms with van der Waals surface area (Å²) in [6.07, 6.45) is 0. The van der Waals surface area contributed by atoms with Gasteiger partial charge in [0, 0.05) is 18.1 Å². The lowest BCUT2D eigenvalue weighted by Gasteiger charge is -2.09. The maximum Gasteiger partial charge on any atom is 0.136 e. The lowest BCUT2D eigenvalue weighted by Crippen LogP contribution is -2.03. The van der Waals surface area contributed by atoms with Crippen LogP contribution in [0.1, 0.15) is 23.7 Å². The van der Waals surface area contributed by atoms with Gasteiger partial charge in [-0.3, -0.25) is 0 Å². The highest BCUT2D eigenvalue weighted by atomic mass is 32.1. The van der Waals surface area contributed by atoms with E-state index in [2.05, 4.69) is 40.9 Å². The number of aromatic nitrogens is 2. The highest BCUT2D eigenvalue weighted by Crippen LogP contribution is 2.23. The van der Waals surface area contributed by atoms with E-state index in [1.165, 1.54) is 17.1 Å². The van der Waals surface area contributed by atoms with Crippen LogP contribution in [-0.4, -0.2) is 16.1 Å². The SMILES string of the molecule is CCNc1snnc1COc1cc(C)ccc1C. The molecule has 0 aliphatic heterocycles. The van der Waals surface area contributed by atoms with Crippen molar-refractivity contribution < 1.29 is 4.74 Å². The molecule has 1 N–H and O–H groups in total. The highest BCUT2D eigenvalue weighted by molar-refractivity contribution is 7.10. The van der Waals surface area contributed by atoms with E-state index in [-0.39, 0.29) is 0 Å². The lowest BCUT2D eigenvalue weighted by atomic mass is 10.1. The molecule has 0 bridgehead atoms. The fraction of sp³-hybridized carbons (Fsp3) is 0.385. The van der Waals surface area contributed by atoms with Gasteiger partial charge in [-0.15, -0.1) is 5.10 Å². The first-order valence-corrected chi connectivity index (χ1v) is 6.73.